The molecule has 133 heavy (non-hydrogen) atoms. The minimum absolute atomic E-state index is 0.00679. The van der Waals surface area contributed by atoms with E-state index in [2.05, 4.69) is 68.1 Å². The van der Waals surface area contributed by atoms with Gasteiger partial charge in [0.1, 0.15) is 72.5 Å². The second-order valence-electron chi connectivity index (χ2n) is 34.3. The van der Waals surface area contributed by atoms with Gasteiger partial charge in [0.15, 0.2) is 11.7 Å². The quantitative estimate of drug-likeness (QED) is 0.0187. The highest BCUT2D eigenvalue weighted by atomic mass is 32.2. The predicted molar refractivity (Wildman–Crippen MR) is 496 cm³/mol. The van der Waals surface area contributed by atoms with Crippen molar-refractivity contribution in [2.24, 2.45) is 29.0 Å². The molecule has 20 N–H and O–H groups in total. The number of primary amides is 2. The number of likely N-dealkylation sites (N-methyl/N-ethyl adjacent to an activating group) is 4. The zero-order valence-corrected chi connectivity index (χ0v) is 77.6. The van der Waals surface area contributed by atoms with Gasteiger partial charge in [-0.25, -0.2) is 4.98 Å². The van der Waals surface area contributed by atoms with E-state index in [0.29, 0.717) is 59.0 Å². The van der Waals surface area contributed by atoms with Crippen molar-refractivity contribution < 1.29 is 86.6 Å². The normalized spacial score (nSPS) is 23.5. The molecule has 13 atom stereocenters. The number of hydrogen-bond acceptors (Lipinski definition) is 21. The van der Waals surface area contributed by atoms with E-state index in [4.69, 9.17) is 22.6 Å². The molecule has 2 aromatic heterocycles. The number of unbranched alkanes of at least 4 members (excludes halogenated alkanes) is 2. The molecule has 40 nitrogen and oxygen atoms in total. The van der Waals surface area contributed by atoms with Gasteiger partial charge in [-0.2, -0.15) is 0 Å². The number of H-pyrrole nitrogens is 2. The fraction of sp³-hybridized carbons (Fsp3) is 0.511. The van der Waals surface area contributed by atoms with Crippen LogP contribution in [0.15, 0.2) is 116 Å². The standard InChI is InChI=1S/C92H128N22O18S/c1-10-12-30-72-85(126)104-64(29-21-35-98-92(95)96)82(123)109-71(81(122)100-47-77(94)118)50-133-51-79(120)103-68(39-55-23-15-14-16-24-55)89(130)111(7)54(5)80(121)106-69(44-76(93)117)90(131)114-36-22-32-73(114)86(127)105-66(43-61-46-97-52-101-61)84(125)107-67(37-53(3)4)88(129)110(6)48-78(119)102-65(40-56-33-34-57-25-17-18-26-58(57)38-56)83(124)108-70(49-115)75(116)42-59(41-60-45-99-63-28-20-19-27-62(60)63)87(128)113(9)74(31-13-11-2)91(132)112(72)8/h14-20,23-28,33-34,38,45-46,52-54,59,64-74,99,115H,10-13,21-22,29-32,35-37,39-44,47-51H2,1-9H3,(H2,93,117)(H2,94,118)(H,97,101)(H,100,122)(H,102,119)(H,103,120)(H,104,126)(H,105,127)(H,106,121)(H,107,125)(H,108,124)(H,109,123)(H4,95,96,98)/t54-,59+,64-,65-,66-,67-,68-,69-,70-,71-,72-,73-,74-/m0/s1. The van der Waals surface area contributed by atoms with Crippen molar-refractivity contribution in [2.75, 3.05) is 72.5 Å². The van der Waals surface area contributed by atoms with Crippen LogP contribution in [0.1, 0.15) is 140 Å². The van der Waals surface area contributed by atoms with Gasteiger partial charge in [-0.1, -0.05) is 144 Å². The number of amides is 16. The van der Waals surface area contributed by atoms with Crippen LogP contribution in [0.25, 0.3) is 21.7 Å². The van der Waals surface area contributed by atoms with E-state index < -0.39 is 229 Å². The van der Waals surface area contributed by atoms with E-state index in [1.807, 2.05) is 56.3 Å². The Bertz CT molecular complexity index is 5090. The molecule has 8 rings (SSSR count). The first kappa shape index (κ1) is 105. The third-order valence-corrected chi connectivity index (χ3v) is 24.6. The Morgan fingerprint density at radius 1 is 0.571 bits per heavy atom. The average Bonchev–Trinajstić information content (AvgIpc) is 1.73. The van der Waals surface area contributed by atoms with E-state index in [1.165, 1.54) is 57.4 Å². The van der Waals surface area contributed by atoms with Gasteiger partial charge in [0.25, 0.3) is 0 Å². The molecular weight excluding hydrogens is 1730 g/mol. The summed E-state index contributed by atoms with van der Waals surface area (Å²) in [6.07, 6.45) is 4.08. The number of guanidine groups is 1. The van der Waals surface area contributed by atoms with Crippen molar-refractivity contribution >= 4 is 140 Å². The molecule has 720 valence electrons. The lowest BCUT2D eigenvalue weighted by molar-refractivity contribution is -0.150. The number of aliphatic hydroxyl groups excluding tert-OH is 1. The molecule has 4 aromatic carbocycles. The Kier molecular flexibility index (Phi) is 40.6. The minimum atomic E-state index is -1.74. The van der Waals surface area contributed by atoms with Crippen molar-refractivity contribution in [3.63, 3.8) is 0 Å². The highest BCUT2D eigenvalue weighted by Crippen LogP contribution is 2.28. The molecule has 41 heteroatoms. The number of nitrogens with two attached hydrogens (primary N) is 3. The summed E-state index contributed by atoms with van der Waals surface area (Å²) in [5.41, 5.74) is 19.5. The summed E-state index contributed by atoms with van der Waals surface area (Å²) in [5.74, 6) is -17.9. The van der Waals surface area contributed by atoms with Crippen LogP contribution in [-0.4, -0.2) is 296 Å². The number of nitrogens with zero attached hydrogens (tertiary/aromatic N) is 6. The van der Waals surface area contributed by atoms with Crippen molar-refractivity contribution in [1.82, 2.24) is 92.6 Å². The number of nitrogens with one attached hydrogen (secondary N) is 13. The zero-order valence-electron chi connectivity index (χ0n) is 76.7. The first-order valence-corrected chi connectivity index (χ1v) is 46.0. The maximum atomic E-state index is 15.8. The number of ketones is 1. The SMILES string of the molecule is CCCC[C@H]1C(=O)N(C)[C@@H](CCCC)C(=O)N[C@@H](CCCNC(=N)N)C(=O)N[C@H](C(=O)NCC(N)=O)CSCC(=O)N[C@@H](Cc2ccccc2)C(=O)N(C)[C@@H](C)C(=O)N[C@@H](CC(N)=O)C(=O)N2CCC[C@H]2C(=O)N[C@@H](Cc2cnc[nH]2)C(=O)N[C@@H](CC(C)C)C(=O)N(C)CC(=O)N[C@@H](Cc2ccc3ccccc3c2)C(=O)N[C@@H](CO)C(=O)C[C@@H](Cc2c[nH]c3ccccc23)C(=O)N1C. The van der Waals surface area contributed by atoms with E-state index >= 15 is 24.0 Å². The minimum Gasteiger partial charge on any atom is -0.394 e. The number of aliphatic hydroxyl groups is 1. The zero-order chi connectivity index (χ0) is 97.3. The Balaban J connectivity index is 1.18. The Hall–Kier alpha value is -13.3. The lowest BCUT2D eigenvalue weighted by atomic mass is 9.90. The first-order valence-electron chi connectivity index (χ1n) is 44.8. The molecule has 4 heterocycles. The molecule has 0 radical (unpaired) electrons. The monoisotopic (exact) mass is 1860 g/mol. The molecule has 16 amide bonds. The number of aromatic amines is 2. The van der Waals surface area contributed by atoms with Crippen LogP contribution in [-0.2, 0) is 107 Å². The number of hydrogen-bond donors (Lipinski definition) is 17. The predicted octanol–water partition coefficient (Wildman–Crippen LogP) is -0.375. The van der Waals surface area contributed by atoms with Gasteiger partial charge in [0, 0.05) is 108 Å². The molecule has 0 bridgehead atoms. The summed E-state index contributed by atoms with van der Waals surface area (Å²) in [6.45, 7) is 6.06. The molecule has 2 aliphatic rings. The third-order valence-electron chi connectivity index (χ3n) is 23.6. The highest BCUT2D eigenvalue weighted by Gasteiger charge is 2.44. The number of fused-ring (bicyclic) bond motifs is 3. The Morgan fingerprint density at radius 3 is 1.85 bits per heavy atom. The van der Waals surface area contributed by atoms with Crippen LogP contribution in [0.5, 0.6) is 0 Å². The van der Waals surface area contributed by atoms with Crippen LogP contribution in [0.4, 0.5) is 0 Å². The molecule has 0 saturated carbocycles. The van der Waals surface area contributed by atoms with E-state index in [-0.39, 0.29) is 89.6 Å². The molecule has 0 unspecified atom stereocenters. The summed E-state index contributed by atoms with van der Waals surface area (Å²) in [6, 6.07) is 10.5. The van der Waals surface area contributed by atoms with Crippen molar-refractivity contribution in [2.45, 2.75) is 216 Å². The van der Waals surface area contributed by atoms with Crippen molar-refractivity contribution in [3.05, 3.63) is 138 Å². The maximum absolute atomic E-state index is 15.8. The number of thioether (sulfide) groups is 1. The number of rotatable bonds is 26. The summed E-state index contributed by atoms with van der Waals surface area (Å²) in [5, 5.41) is 47.9. The van der Waals surface area contributed by atoms with Gasteiger partial charge in [0.05, 0.1) is 38.2 Å². The number of benzene rings is 4. The number of para-hydroxylation sites is 1. The van der Waals surface area contributed by atoms with Gasteiger partial charge in [-0.05, 0) is 97.7 Å². The topological polar surface area (TPSA) is 593 Å². The van der Waals surface area contributed by atoms with Crippen LogP contribution >= 0.6 is 11.8 Å². The van der Waals surface area contributed by atoms with E-state index in [1.54, 1.807) is 74.6 Å². The van der Waals surface area contributed by atoms with E-state index in [0.717, 1.165) is 37.2 Å². The molecule has 2 saturated heterocycles. The van der Waals surface area contributed by atoms with Crippen LogP contribution in [0.3, 0.4) is 0 Å². The summed E-state index contributed by atoms with van der Waals surface area (Å²) in [4.78, 5) is 265. The van der Waals surface area contributed by atoms with Gasteiger partial charge >= 0.3 is 0 Å². The molecule has 2 fully saturated rings. The van der Waals surface area contributed by atoms with Gasteiger partial charge in [-0.15, -0.1) is 11.8 Å². The molecule has 2 aliphatic heterocycles. The van der Waals surface area contributed by atoms with Gasteiger partial charge < -0.3 is 110 Å². The van der Waals surface area contributed by atoms with E-state index in [9.17, 15) is 62.6 Å². The van der Waals surface area contributed by atoms with Gasteiger partial charge in [-0.3, -0.25) is 86.9 Å². The summed E-state index contributed by atoms with van der Waals surface area (Å²) >= 11 is 0.800. The largest absolute Gasteiger partial charge is 0.394 e. The fourth-order valence-electron chi connectivity index (χ4n) is 16.2. The van der Waals surface area contributed by atoms with Crippen molar-refractivity contribution in [3.8, 4) is 0 Å². The number of carbonyl (C=O) groups is 17. The highest BCUT2D eigenvalue weighted by molar-refractivity contribution is 8.00. The lowest BCUT2D eigenvalue weighted by Gasteiger charge is -2.36. The smallest absolute Gasteiger partial charge is 0.246 e. The number of imidazole rings is 1. The molecule has 0 spiro atoms. The summed E-state index contributed by atoms with van der Waals surface area (Å²) in [7, 11) is 5.32. The van der Waals surface area contributed by atoms with Crippen LogP contribution in [0.2, 0.25) is 0 Å². The summed E-state index contributed by atoms with van der Waals surface area (Å²) < 4.78 is 0. The Morgan fingerprint density at radius 2 is 1.19 bits per heavy atom. The lowest BCUT2D eigenvalue weighted by Crippen LogP contribution is -2.60. The number of aromatic nitrogens is 3. The van der Waals surface area contributed by atoms with Crippen molar-refractivity contribution in [1.29, 1.82) is 5.41 Å². The second kappa shape index (κ2) is 51.5. The fourth-order valence-corrected chi connectivity index (χ4v) is 17.0. The number of Topliss-reactive ketones (excluding diaryl/α,β-unsaturated/α-hetero) is 1. The van der Waals surface area contributed by atoms with Crippen LogP contribution < -0.4 is 70.4 Å². The number of carbonyl (C=O) groups excluding carboxylic acids is 17. The van der Waals surface area contributed by atoms with Crippen LogP contribution in [0, 0.1) is 17.2 Å². The Labute approximate surface area is 776 Å². The molecule has 6 aromatic rings. The second-order valence-corrected chi connectivity index (χ2v) is 35.3. The third kappa shape index (κ3) is 31.2. The average molecular weight is 1860 g/mol. The first-order chi connectivity index (χ1) is 63.4. The molecule has 0 aliphatic carbocycles. The van der Waals surface area contributed by atoms with Gasteiger partial charge in [0.2, 0.25) is 94.5 Å². The molecular formula is C92H128N22O18S. The maximum Gasteiger partial charge on any atom is 0.246 e.